The van der Waals surface area contributed by atoms with Gasteiger partial charge in [0.25, 0.3) is 5.56 Å². The molecule has 0 spiro atoms. The summed E-state index contributed by atoms with van der Waals surface area (Å²) < 4.78 is 0. The number of fused-ring (bicyclic) bond motifs is 1. The molecule has 0 unspecified atom stereocenters. The second kappa shape index (κ2) is 6.45. The molecule has 1 aliphatic rings. The van der Waals surface area contributed by atoms with E-state index in [9.17, 15) is 9.59 Å². The first-order valence-electron chi connectivity index (χ1n) is 9.12. The zero-order valence-corrected chi connectivity index (χ0v) is 15.0. The molecule has 0 atom stereocenters. The fourth-order valence-electron chi connectivity index (χ4n) is 3.69. The van der Waals surface area contributed by atoms with Gasteiger partial charge in [0.05, 0.1) is 6.20 Å². The van der Waals surface area contributed by atoms with Crippen LogP contribution in [0.5, 0.6) is 0 Å². The van der Waals surface area contributed by atoms with Crippen molar-refractivity contribution in [3.8, 4) is 22.3 Å². The Hall–Kier alpha value is -3.74. The molecule has 1 fully saturated rings. The minimum Gasteiger partial charge on any atom is -0.327 e. The van der Waals surface area contributed by atoms with Crippen LogP contribution >= 0.6 is 0 Å². The maximum atomic E-state index is 11.9. The molecule has 1 saturated heterocycles. The minimum atomic E-state index is -0.201. The number of carbonyl (C=O) groups excluding carboxylic acids is 1. The maximum absolute atomic E-state index is 11.9. The van der Waals surface area contributed by atoms with E-state index in [1.165, 1.54) is 0 Å². The van der Waals surface area contributed by atoms with Crippen LogP contribution in [0.3, 0.4) is 0 Å². The zero-order valence-electron chi connectivity index (χ0n) is 15.0. The molecule has 4 aromatic rings. The van der Waals surface area contributed by atoms with Crippen molar-refractivity contribution in [1.82, 2.24) is 20.2 Å². The Bertz CT molecular complexity index is 1240. The molecule has 3 aromatic heterocycles. The number of nitrogens with one attached hydrogen (secondary N) is 2. The minimum absolute atomic E-state index is 0.179. The molecule has 0 saturated carbocycles. The predicted molar refractivity (Wildman–Crippen MR) is 107 cm³/mol. The van der Waals surface area contributed by atoms with Crippen molar-refractivity contribution in [2.45, 2.75) is 12.8 Å². The molecule has 138 valence electrons. The molecule has 1 aliphatic heterocycles. The van der Waals surface area contributed by atoms with Crippen molar-refractivity contribution in [3.63, 3.8) is 0 Å². The monoisotopic (exact) mass is 371 g/mol. The number of rotatable bonds is 3. The molecule has 2 N–H and O–H groups in total. The first-order valence-corrected chi connectivity index (χ1v) is 9.12. The van der Waals surface area contributed by atoms with E-state index in [-0.39, 0.29) is 11.5 Å². The van der Waals surface area contributed by atoms with Crippen LogP contribution in [0.4, 0.5) is 5.69 Å². The van der Waals surface area contributed by atoms with Crippen molar-refractivity contribution in [2.75, 3.05) is 11.4 Å². The number of pyridine rings is 2. The number of carbonyl (C=O) groups is 1. The molecular weight excluding hydrogens is 354 g/mol. The number of aromatic amines is 2. The van der Waals surface area contributed by atoms with E-state index in [0.717, 1.165) is 46.3 Å². The standard InChI is InChI=1S/C21H17N5O2/c27-19-2-1-7-26(19)16-5-3-13(4-6-16)14-8-15(10-22-9-14)17-11-23-21(28)20-18(17)12-24-25-20/h3-6,8-12H,1-2,7H2,(H,23,28)(H,24,25). The van der Waals surface area contributed by atoms with Gasteiger partial charge in [0.2, 0.25) is 5.91 Å². The lowest BCUT2D eigenvalue weighted by atomic mass is 10.0. The summed E-state index contributed by atoms with van der Waals surface area (Å²) in [4.78, 5) is 32.8. The van der Waals surface area contributed by atoms with Crippen molar-refractivity contribution in [1.29, 1.82) is 0 Å². The summed E-state index contributed by atoms with van der Waals surface area (Å²) in [5.41, 5.74) is 4.89. The van der Waals surface area contributed by atoms with E-state index in [1.54, 1.807) is 24.8 Å². The molecule has 1 aromatic carbocycles. The Balaban J connectivity index is 1.52. The smallest absolute Gasteiger partial charge is 0.273 e. The Morgan fingerprint density at radius 1 is 0.964 bits per heavy atom. The van der Waals surface area contributed by atoms with Crippen molar-refractivity contribution < 1.29 is 4.79 Å². The average molecular weight is 371 g/mol. The molecule has 5 rings (SSSR count). The highest BCUT2D eigenvalue weighted by Crippen LogP contribution is 2.30. The van der Waals surface area contributed by atoms with Crippen LogP contribution < -0.4 is 10.5 Å². The second-order valence-electron chi connectivity index (χ2n) is 6.85. The van der Waals surface area contributed by atoms with Gasteiger partial charge in [-0.1, -0.05) is 12.1 Å². The fraction of sp³-hybridized carbons (Fsp3) is 0.143. The first-order chi connectivity index (χ1) is 13.7. The van der Waals surface area contributed by atoms with E-state index >= 15 is 0 Å². The van der Waals surface area contributed by atoms with Gasteiger partial charge >= 0.3 is 0 Å². The normalized spacial score (nSPS) is 14.1. The number of anilines is 1. The number of hydrogen-bond donors (Lipinski definition) is 2. The molecule has 28 heavy (non-hydrogen) atoms. The van der Waals surface area contributed by atoms with Crippen LogP contribution in [0.25, 0.3) is 33.2 Å². The molecule has 7 nitrogen and oxygen atoms in total. The van der Waals surface area contributed by atoms with Gasteiger partial charge in [-0.15, -0.1) is 0 Å². The average Bonchev–Trinajstić information content (AvgIpc) is 3.38. The summed E-state index contributed by atoms with van der Waals surface area (Å²) in [5, 5.41) is 7.47. The lowest BCUT2D eigenvalue weighted by Crippen LogP contribution is -2.23. The van der Waals surface area contributed by atoms with Crippen LogP contribution in [0.1, 0.15) is 12.8 Å². The zero-order chi connectivity index (χ0) is 19.1. The molecule has 0 bridgehead atoms. The number of nitrogens with zero attached hydrogens (tertiary/aromatic N) is 3. The lowest BCUT2D eigenvalue weighted by Gasteiger charge is -2.16. The summed E-state index contributed by atoms with van der Waals surface area (Å²) in [6.07, 6.45) is 8.43. The number of aromatic nitrogens is 4. The third-order valence-corrected chi connectivity index (χ3v) is 5.14. The summed E-state index contributed by atoms with van der Waals surface area (Å²) in [5.74, 6) is 0.179. The number of H-pyrrole nitrogens is 2. The van der Waals surface area contributed by atoms with Gasteiger partial charge in [-0.25, -0.2) is 0 Å². The summed E-state index contributed by atoms with van der Waals surface area (Å²) in [6, 6.07) is 9.98. The largest absolute Gasteiger partial charge is 0.327 e. The van der Waals surface area contributed by atoms with Gasteiger partial charge in [0, 0.05) is 59.3 Å². The SMILES string of the molecule is O=C1CCCN1c1ccc(-c2cncc(-c3c[nH]c(=O)c4[nH]ncc34)c2)cc1. The Morgan fingerprint density at radius 2 is 1.79 bits per heavy atom. The van der Waals surface area contributed by atoms with E-state index in [2.05, 4.69) is 20.2 Å². The van der Waals surface area contributed by atoms with Crippen LogP contribution in [0.15, 0.2) is 59.9 Å². The quantitative estimate of drug-likeness (QED) is 0.578. The van der Waals surface area contributed by atoms with E-state index in [0.29, 0.717) is 11.9 Å². The van der Waals surface area contributed by atoms with Gasteiger partial charge in [-0.05, 0) is 30.2 Å². The van der Waals surface area contributed by atoms with Gasteiger partial charge in [-0.3, -0.25) is 19.7 Å². The molecule has 0 radical (unpaired) electrons. The Kier molecular flexibility index (Phi) is 3.79. The van der Waals surface area contributed by atoms with Gasteiger partial charge in [-0.2, -0.15) is 5.10 Å². The summed E-state index contributed by atoms with van der Waals surface area (Å²) in [6.45, 7) is 0.780. The molecular formula is C21H17N5O2. The van der Waals surface area contributed by atoms with Crippen molar-refractivity contribution in [2.24, 2.45) is 0 Å². The molecule has 1 amide bonds. The first kappa shape index (κ1) is 16.4. The van der Waals surface area contributed by atoms with Crippen LogP contribution in [-0.2, 0) is 4.79 Å². The Labute approximate surface area is 160 Å². The van der Waals surface area contributed by atoms with Crippen LogP contribution in [0.2, 0.25) is 0 Å². The predicted octanol–water partition coefficient (Wildman–Crippen LogP) is 3.11. The highest BCUT2D eigenvalue weighted by atomic mass is 16.2. The fourth-order valence-corrected chi connectivity index (χ4v) is 3.69. The highest BCUT2D eigenvalue weighted by Gasteiger charge is 2.21. The number of amides is 1. The van der Waals surface area contributed by atoms with Gasteiger partial charge < -0.3 is 9.88 Å². The third-order valence-electron chi connectivity index (χ3n) is 5.14. The molecule has 0 aliphatic carbocycles. The third kappa shape index (κ3) is 2.68. The van der Waals surface area contributed by atoms with Crippen LogP contribution in [-0.4, -0.2) is 32.6 Å². The number of hydrogen-bond acceptors (Lipinski definition) is 4. The second-order valence-corrected chi connectivity index (χ2v) is 6.85. The van der Waals surface area contributed by atoms with Gasteiger partial charge in [0.15, 0.2) is 0 Å². The van der Waals surface area contributed by atoms with E-state index < -0.39 is 0 Å². The van der Waals surface area contributed by atoms with Crippen LogP contribution in [0, 0.1) is 0 Å². The van der Waals surface area contributed by atoms with Crippen molar-refractivity contribution in [3.05, 3.63) is 65.5 Å². The summed E-state index contributed by atoms with van der Waals surface area (Å²) in [7, 11) is 0. The van der Waals surface area contributed by atoms with E-state index in [1.807, 2.05) is 35.2 Å². The highest BCUT2D eigenvalue weighted by molar-refractivity contribution is 5.96. The maximum Gasteiger partial charge on any atom is 0.273 e. The topological polar surface area (TPSA) is 94.7 Å². The van der Waals surface area contributed by atoms with E-state index in [4.69, 9.17) is 0 Å². The van der Waals surface area contributed by atoms with Gasteiger partial charge in [0.1, 0.15) is 5.52 Å². The Morgan fingerprint density at radius 3 is 2.57 bits per heavy atom. The lowest BCUT2D eigenvalue weighted by molar-refractivity contribution is -0.117. The molecule has 4 heterocycles. The molecule has 7 heteroatoms. The summed E-state index contributed by atoms with van der Waals surface area (Å²) >= 11 is 0. The van der Waals surface area contributed by atoms with Crippen molar-refractivity contribution >= 4 is 22.5 Å². The number of benzene rings is 1.